The third-order valence-corrected chi connectivity index (χ3v) is 3.13. The topological polar surface area (TPSA) is 31.4 Å². The maximum Gasteiger partial charge on any atom is 0.0443 e. The van der Waals surface area contributed by atoms with E-state index >= 15 is 0 Å². The quantitative estimate of drug-likeness (QED) is 0.727. The van der Waals surface area contributed by atoms with Crippen LogP contribution in [0.25, 0.3) is 0 Å². The zero-order chi connectivity index (χ0) is 14.3. The summed E-state index contributed by atoms with van der Waals surface area (Å²) >= 11 is 0. The number of aryl methyl sites for hydroxylation is 1. The van der Waals surface area contributed by atoms with Crippen LogP contribution >= 0.6 is 0 Å². The molecule has 0 amide bonds. The number of rotatable bonds is 8. The van der Waals surface area contributed by atoms with Crippen LogP contribution in [0, 0.1) is 6.92 Å². The lowest BCUT2D eigenvalue weighted by molar-refractivity contribution is 0.416. The molecule has 0 fully saturated rings. The molecule has 19 heavy (non-hydrogen) atoms. The van der Waals surface area contributed by atoms with Crippen molar-refractivity contribution in [1.82, 2.24) is 15.2 Å². The fraction of sp³-hybridized carbons (Fsp3) is 0.667. The smallest absolute Gasteiger partial charge is 0.0443 e. The second-order valence-electron chi connectivity index (χ2n) is 5.36. The second kappa shape index (κ2) is 8.12. The van der Waals surface area contributed by atoms with Gasteiger partial charge < -0.3 is 15.1 Å². The summed E-state index contributed by atoms with van der Waals surface area (Å²) < 4.78 is 0. The molecular formula is C15H28N4. The molecule has 0 spiro atoms. The predicted octanol–water partition coefficient (Wildman–Crippen LogP) is 1.89. The molecule has 1 N–H and O–H groups in total. The van der Waals surface area contributed by atoms with E-state index in [4.69, 9.17) is 0 Å². The monoisotopic (exact) mass is 264 g/mol. The van der Waals surface area contributed by atoms with Crippen molar-refractivity contribution in [3.8, 4) is 0 Å². The van der Waals surface area contributed by atoms with Gasteiger partial charge in [-0.2, -0.15) is 0 Å². The molecule has 1 rings (SSSR count). The molecule has 4 heteroatoms. The van der Waals surface area contributed by atoms with Crippen LogP contribution in [-0.2, 0) is 6.54 Å². The van der Waals surface area contributed by atoms with Gasteiger partial charge in [-0.1, -0.05) is 6.92 Å². The number of nitrogens with zero attached hydrogens (tertiary/aromatic N) is 3. The lowest BCUT2D eigenvalue weighted by Gasteiger charge is -2.24. The molecule has 0 aliphatic rings. The van der Waals surface area contributed by atoms with Gasteiger partial charge in [0.1, 0.15) is 0 Å². The molecule has 0 atom stereocenters. The zero-order valence-electron chi connectivity index (χ0n) is 13.0. The Hall–Kier alpha value is -1.13. The Morgan fingerprint density at radius 3 is 2.58 bits per heavy atom. The molecule has 0 aromatic carbocycles. The van der Waals surface area contributed by atoms with Gasteiger partial charge in [-0.3, -0.25) is 4.98 Å². The number of anilines is 1. The highest BCUT2D eigenvalue weighted by molar-refractivity contribution is 5.53. The molecule has 1 aromatic heterocycles. The van der Waals surface area contributed by atoms with Crippen molar-refractivity contribution >= 4 is 5.69 Å². The van der Waals surface area contributed by atoms with E-state index in [9.17, 15) is 0 Å². The van der Waals surface area contributed by atoms with Crippen molar-refractivity contribution in [3.05, 3.63) is 23.5 Å². The highest BCUT2D eigenvalue weighted by Gasteiger charge is 2.08. The third kappa shape index (κ3) is 5.57. The fourth-order valence-corrected chi connectivity index (χ4v) is 1.94. The lowest BCUT2D eigenvalue weighted by Crippen LogP contribution is -2.29. The van der Waals surface area contributed by atoms with Crippen molar-refractivity contribution in [3.63, 3.8) is 0 Å². The Morgan fingerprint density at radius 2 is 1.95 bits per heavy atom. The molecule has 0 bridgehead atoms. The van der Waals surface area contributed by atoms with Crippen LogP contribution in [0.3, 0.4) is 0 Å². The van der Waals surface area contributed by atoms with E-state index in [1.54, 1.807) is 0 Å². The number of hydrogen-bond acceptors (Lipinski definition) is 4. The van der Waals surface area contributed by atoms with Gasteiger partial charge in [-0.05, 0) is 40.1 Å². The van der Waals surface area contributed by atoms with Gasteiger partial charge in [0.25, 0.3) is 0 Å². The molecular weight excluding hydrogens is 236 g/mol. The highest BCUT2D eigenvalue weighted by Crippen LogP contribution is 2.19. The summed E-state index contributed by atoms with van der Waals surface area (Å²) in [5.74, 6) is 0. The predicted molar refractivity (Wildman–Crippen MR) is 82.8 cm³/mol. The zero-order valence-corrected chi connectivity index (χ0v) is 13.0. The van der Waals surface area contributed by atoms with Gasteiger partial charge in [0.05, 0.1) is 0 Å². The minimum atomic E-state index is 0.892. The highest BCUT2D eigenvalue weighted by atomic mass is 15.2. The van der Waals surface area contributed by atoms with Gasteiger partial charge in [-0.25, -0.2) is 0 Å². The van der Waals surface area contributed by atoms with Crippen LogP contribution < -0.4 is 10.2 Å². The summed E-state index contributed by atoms with van der Waals surface area (Å²) in [4.78, 5) is 8.94. The van der Waals surface area contributed by atoms with Crippen LogP contribution in [0.4, 0.5) is 5.69 Å². The van der Waals surface area contributed by atoms with Gasteiger partial charge in [-0.15, -0.1) is 0 Å². The van der Waals surface area contributed by atoms with Crippen molar-refractivity contribution in [1.29, 1.82) is 0 Å². The van der Waals surface area contributed by atoms with Crippen molar-refractivity contribution in [2.75, 3.05) is 45.7 Å². The number of aromatic nitrogens is 1. The summed E-state index contributed by atoms with van der Waals surface area (Å²) in [7, 11) is 6.37. The molecule has 4 nitrogen and oxygen atoms in total. The van der Waals surface area contributed by atoms with Crippen LogP contribution in [0.2, 0.25) is 0 Å². The first-order valence-electron chi connectivity index (χ1n) is 7.06. The van der Waals surface area contributed by atoms with Gasteiger partial charge in [0.2, 0.25) is 0 Å². The lowest BCUT2D eigenvalue weighted by atomic mass is 10.2. The molecule has 0 radical (unpaired) electrons. The van der Waals surface area contributed by atoms with E-state index in [0.29, 0.717) is 0 Å². The van der Waals surface area contributed by atoms with E-state index in [0.717, 1.165) is 38.3 Å². The molecule has 108 valence electrons. The standard InChI is InChI=1S/C15H28N4/c1-6-7-16-11-14-12-17-13(2)10-15(14)19(5)9-8-18(3)4/h10,12,16H,6-9,11H2,1-5H3. The van der Waals surface area contributed by atoms with Crippen LogP contribution in [0.1, 0.15) is 24.6 Å². The first-order valence-corrected chi connectivity index (χ1v) is 7.06. The number of likely N-dealkylation sites (N-methyl/N-ethyl adjacent to an activating group) is 2. The van der Waals surface area contributed by atoms with Crippen molar-refractivity contribution in [2.24, 2.45) is 0 Å². The maximum atomic E-state index is 4.42. The van der Waals surface area contributed by atoms with Gasteiger partial charge in [0, 0.05) is 49.8 Å². The van der Waals surface area contributed by atoms with Crippen molar-refractivity contribution in [2.45, 2.75) is 26.8 Å². The van der Waals surface area contributed by atoms with Gasteiger partial charge >= 0.3 is 0 Å². The van der Waals surface area contributed by atoms with Gasteiger partial charge in [0.15, 0.2) is 0 Å². The minimum absolute atomic E-state index is 0.892. The van der Waals surface area contributed by atoms with E-state index in [1.807, 2.05) is 13.1 Å². The summed E-state index contributed by atoms with van der Waals surface area (Å²) in [5, 5.41) is 3.45. The summed E-state index contributed by atoms with van der Waals surface area (Å²) in [6.45, 7) is 8.26. The minimum Gasteiger partial charge on any atom is -0.373 e. The third-order valence-electron chi connectivity index (χ3n) is 3.13. The van der Waals surface area contributed by atoms with E-state index < -0.39 is 0 Å². The van der Waals surface area contributed by atoms with E-state index in [2.05, 4.69) is 54.2 Å². The Labute approximate surface area is 117 Å². The van der Waals surface area contributed by atoms with Crippen LogP contribution in [0.5, 0.6) is 0 Å². The summed E-state index contributed by atoms with van der Waals surface area (Å²) in [6.07, 6.45) is 3.16. The summed E-state index contributed by atoms with van der Waals surface area (Å²) in [5.41, 5.74) is 3.64. The molecule has 0 aliphatic heterocycles. The van der Waals surface area contributed by atoms with Crippen LogP contribution in [0.15, 0.2) is 12.3 Å². The van der Waals surface area contributed by atoms with E-state index in [1.165, 1.54) is 11.3 Å². The average Bonchev–Trinajstić information content (AvgIpc) is 2.37. The Bertz CT molecular complexity index is 376. The molecule has 1 aromatic rings. The Morgan fingerprint density at radius 1 is 1.21 bits per heavy atom. The first kappa shape index (κ1) is 15.9. The molecule has 0 unspecified atom stereocenters. The summed E-state index contributed by atoms with van der Waals surface area (Å²) in [6, 6.07) is 2.18. The Kier molecular flexibility index (Phi) is 6.81. The number of hydrogen-bond donors (Lipinski definition) is 1. The van der Waals surface area contributed by atoms with E-state index in [-0.39, 0.29) is 0 Å². The second-order valence-corrected chi connectivity index (χ2v) is 5.36. The Balaban J connectivity index is 2.74. The molecule has 0 saturated heterocycles. The number of nitrogens with one attached hydrogen (secondary N) is 1. The number of pyridine rings is 1. The van der Waals surface area contributed by atoms with Crippen LogP contribution in [-0.4, -0.2) is 50.7 Å². The fourth-order valence-electron chi connectivity index (χ4n) is 1.94. The maximum absolute atomic E-state index is 4.42. The molecule has 0 saturated carbocycles. The first-order chi connectivity index (χ1) is 9.04. The SMILES string of the molecule is CCCNCc1cnc(C)cc1N(C)CCN(C)C. The van der Waals surface area contributed by atoms with Crippen molar-refractivity contribution < 1.29 is 0 Å². The average molecular weight is 264 g/mol. The molecule has 1 heterocycles. The molecule has 0 aliphatic carbocycles. The normalized spacial score (nSPS) is 11.1. The largest absolute Gasteiger partial charge is 0.373 e.